The predicted molar refractivity (Wildman–Crippen MR) is 83.8 cm³/mol. The number of hydrogen-bond donors (Lipinski definition) is 1. The second-order valence-corrected chi connectivity index (χ2v) is 6.64. The summed E-state index contributed by atoms with van der Waals surface area (Å²) in [6.07, 6.45) is 0.810. The Balaban J connectivity index is 1.91. The Morgan fingerprint density at radius 3 is 2.60 bits per heavy atom. The van der Waals surface area contributed by atoms with Gasteiger partial charge in [-0.2, -0.15) is 0 Å². The highest BCUT2D eigenvalue weighted by molar-refractivity contribution is 9.10. The molecule has 3 rings (SSSR count). The van der Waals surface area contributed by atoms with Gasteiger partial charge in [0.25, 0.3) is 0 Å². The zero-order valence-corrected chi connectivity index (χ0v) is 13.1. The Kier molecular flexibility index (Phi) is 3.85. The normalized spacial score (nSPS) is 16.8. The lowest BCUT2D eigenvalue weighted by Crippen LogP contribution is -2.58. The van der Waals surface area contributed by atoms with E-state index >= 15 is 0 Å². The van der Waals surface area contributed by atoms with Crippen LogP contribution in [0.25, 0.3) is 0 Å². The van der Waals surface area contributed by atoms with Crippen LogP contribution < -0.4 is 5.32 Å². The number of benzene rings is 2. The Labute approximate surface area is 131 Å². The molecule has 2 aromatic carbocycles. The third-order valence-corrected chi connectivity index (χ3v) is 4.69. The van der Waals surface area contributed by atoms with Crippen LogP contribution in [-0.4, -0.2) is 13.1 Å². The van der Waals surface area contributed by atoms with E-state index in [1.54, 1.807) is 12.1 Å². The van der Waals surface area contributed by atoms with Gasteiger partial charge < -0.3 is 5.32 Å². The van der Waals surface area contributed by atoms with E-state index in [9.17, 15) is 4.39 Å². The zero-order chi connectivity index (χ0) is 14.2. The molecule has 0 unspecified atom stereocenters. The van der Waals surface area contributed by atoms with Crippen LogP contribution in [0.5, 0.6) is 0 Å². The van der Waals surface area contributed by atoms with Gasteiger partial charge in [0.1, 0.15) is 5.82 Å². The molecule has 0 amide bonds. The van der Waals surface area contributed by atoms with Gasteiger partial charge in [-0.3, -0.25) is 0 Å². The maximum absolute atomic E-state index is 13.6. The first-order valence-corrected chi connectivity index (χ1v) is 7.67. The summed E-state index contributed by atoms with van der Waals surface area (Å²) in [5.74, 6) is -0.346. The summed E-state index contributed by atoms with van der Waals surface area (Å²) in [4.78, 5) is 0. The Morgan fingerprint density at radius 2 is 2.00 bits per heavy atom. The van der Waals surface area contributed by atoms with E-state index in [0.29, 0.717) is 0 Å². The third-order valence-electron chi connectivity index (χ3n) is 3.89. The molecule has 0 spiro atoms. The summed E-state index contributed by atoms with van der Waals surface area (Å²) in [5, 5.41) is 3.51. The minimum atomic E-state index is -0.346. The standard InChI is InChI=1S/C16H14BrClFN/c17-13-3-1-2-12(7-13)16(9-20-10-16)8-11-4-5-14(18)15(19)6-11/h1-7,20H,8-10H2. The van der Waals surface area contributed by atoms with Crippen molar-refractivity contribution < 1.29 is 4.39 Å². The summed E-state index contributed by atoms with van der Waals surface area (Å²) < 4.78 is 14.7. The molecule has 0 aliphatic carbocycles. The Morgan fingerprint density at radius 1 is 1.20 bits per heavy atom. The molecule has 2 aromatic rings. The van der Waals surface area contributed by atoms with E-state index in [0.717, 1.165) is 29.5 Å². The molecule has 0 bridgehead atoms. The first kappa shape index (κ1) is 14.1. The zero-order valence-electron chi connectivity index (χ0n) is 10.8. The van der Waals surface area contributed by atoms with Crippen molar-refractivity contribution in [1.29, 1.82) is 0 Å². The van der Waals surface area contributed by atoms with Gasteiger partial charge in [-0.05, 0) is 41.8 Å². The highest BCUT2D eigenvalue weighted by Crippen LogP contribution is 2.34. The van der Waals surface area contributed by atoms with Crippen molar-refractivity contribution in [1.82, 2.24) is 5.32 Å². The number of halogens is 3. The molecule has 1 N–H and O–H groups in total. The van der Waals surface area contributed by atoms with Gasteiger partial charge in [-0.25, -0.2) is 4.39 Å². The van der Waals surface area contributed by atoms with Crippen molar-refractivity contribution in [2.45, 2.75) is 11.8 Å². The van der Waals surface area contributed by atoms with E-state index in [4.69, 9.17) is 11.6 Å². The molecule has 1 aliphatic rings. The lowest BCUT2D eigenvalue weighted by Gasteiger charge is -2.43. The lowest BCUT2D eigenvalue weighted by atomic mass is 9.71. The molecule has 1 heterocycles. The Hall–Kier alpha value is -0.900. The highest BCUT2D eigenvalue weighted by Gasteiger charge is 2.38. The van der Waals surface area contributed by atoms with Gasteiger partial charge >= 0.3 is 0 Å². The summed E-state index contributed by atoms with van der Waals surface area (Å²) in [7, 11) is 0. The molecule has 104 valence electrons. The minimum Gasteiger partial charge on any atom is -0.315 e. The molecule has 20 heavy (non-hydrogen) atoms. The van der Waals surface area contributed by atoms with E-state index in [1.165, 1.54) is 5.56 Å². The second kappa shape index (κ2) is 5.47. The smallest absolute Gasteiger partial charge is 0.142 e. The molecule has 4 heteroatoms. The van der Waals surface area contributed by atoms with Gasteiger partial charge in [0.2, 0.25) is 0 Å². The largest absolute Gasteiger partial charge is 0.315 e. The minimum absolute atomic E-state index is 0.0457. The van der Waals surface area contributed by atoms with Crippen molar-refractivity contribution in [2.75, 3.05) is 13.1 Å². The topological polar surface area (TPSA) is 12.0 Å². The van der Waals surface area contributed by atoms with Crippen LogP contribution in [0.1, 0.15) is 11.1 Å². The number of hydrogen-bond acceptors (Lipinski definition) is 1. The molecular formula is C16H14BrClFN. The van der Waals surface area contributed by atoms with E-state index < -0.39 is 0 Å². The van der Waals surface area contributed by atoms with Crippen LogP contribution in [0.2, 0.25) is 5.02 Å². The van der Waals surface area contributed by atoms with Crippen molar-refractivity contribution >= 4 is 27.5 Å². The molecule has 0 saturated carbocycles. The molecule has 1 nitrogen and oxygen atoms in total. The fourth-order valence-corrected chi connectivity index (χ4v) is 3.23. The summed E-state index contributed by atoms with van der Waals surface area (Å²) in [6, 6.07) is 13.4. The lowest BCUT2D eigenvalue weighted by molar-refractivity contribution is 0.274. The quantitative estimate of drug-likeness (QED) is 0.865. The molecule has 1 aliphatic heterocycles. The van der Waals surface area contributed by atoms with Crippen LogP contribution >= 0.6 is 27.5 Å². The van der Waals surface area contributed by atoms with Crippen molar-refractivity contribution in [3.05, 3.63) is 68.9 Å². The van der Waals surface area contributed by atoms with E-state index in [2.05, 4.69) is 33.4 Å². The van der Waals surface area contributed by atoms with Gasteiger partial charge in [0.15, 0.2) is 0 Å². The fraction of sp³-hybridized carbons (Fsp3) is 0.250. The van der Waals surface area contributed by atoms with Crippen LogP contribution in [-0.2, 0) is 11.8 Å². The first-order valence-electron chi connectivity index (χ1n) is 6.50. The van der Waals surface area contributed by atoms with Gasteiger partial charge in [-0.1, -0.05) is 45.7 Å². The maximum Gasteiger partial charge on any atom is 0.142 e. The predicted octanol–water partition coefficient (Wildman–Crippen LogP) is 4.33. The number of nitrogens with one attached hydrogen (secondary N) is 1. The van der Waals surface area contributed by atoms with Crippen LogP contribution in [0, 0.1) is 5.82 Å². The van der Waals surface area contributed by atoms with Gasteiger partial charge in [0, 0.05) is 23.0 Å². The second-order valence-electron chi connectivity index (χ2n) is 5.32. The molecule has 0 radical (unpaired) electrons. The summed E-state index contributed by atoms with van der Waals surface area (Å²) >= 11 is 9.26. The Bertz CT molecular complexity index is 640. The highest BCUT2D eigenvalue weighted by atomic mass is 79.9. The van der Waals surface area contributed by atoms with Crippen LogP contribution in [0.4, 0.5) is 4.39 Å². The van der Waals surface area contributed by atoms with Crippen molar-refractivity contribution in [2.24, 2.45) is 0 Å². The van der Waals surface area contributed by atoms with E-state index in [1.807, 2.05) is 18.2 Å². The van der Waals surface area contributed by atoms with Crippen molar-refractivity contribution in [3.8, 4) is 0 Å². The maximum atomic E-state index is 13.6. The summed E-state index contributed by atoms with van der Waals surface area (Å²) in [5.41, 5.74) is 2.30. The average Bonchev–Trinajstić information content (AvgIpc) is 2.38. The molecule has 0 aromatic heterocycles. The van der Waals surface area contributed by atoms with Gasteiger partial charge in [0.05, 0.1) is 5.02 Å². The van der Waals surface area contributed by atoms with Crippen LogP contribution in [0.15, 0.2) is 46.9 Å². The van der Waals surface area contributed by atoms with Gasteiger partial charge in [-0.15, -0.1) is 0 Å². The fourth-order valence-electron chi connectivity index (χ4n) is 2.72. The number of rotatable bonds is 3. The molecule has 1 saturated heterocycles. The first-order chi connectivity index (χ1) is 9.59. The third kappa shape index (κ3) is 2.62. The summed E-state index contributed by atoms with van der Waals surface area (Å²) in [6.45, 7) is 1.82. The monoisotopic (exact) mass is 353 g/mol. The average molecular weight is 355 g/mol. The van der Waals surface area contributed by atoms with Crippen LogP contribution in [0.3, 0.4) is 0 Å². The SMILES string of the molecule is Fc1cc(CC2(c3cccc(Br)c3)CNC2)ccc1Cl. The van der Waals surface area contributed by atoms with Crippen molar-refractivity contribution in [3.63, 3.8) is 0 Å². The molecular weight excluding hydrogens is 341 g/mol. The van der Waals surface area contributed by atoms with E-state index in [-0.39, 0.29) is 16.3 Å². The molecule has 1 fully saturated rings. The molecule has 0 atom stereocenters.